The van der Waals surface area contributed by atoms with Gasteiger partial charge in [-0.25, -0.2) is 0 Å². The van der Waals surface area contributed by atoms with Gasteiger partial charge < -0.3 is 11.1 Å². The minimum atomic E-state index is -0.338. The van der Waals surface area contributed by atoms with Gasteiger partial charge in [0, 0.05) is 6.54 Å². The zero-order chi connectivity index (χ0) is 34.5. The molecule has 2 nitrogen and oxygen atoms in total. The highest BCUT2D eigenvalue weighted by atomic mass is 14.9. The van der Waals surface area contributed by atoms with Gasteiger partial charge in [0.1, 0.15) is 0 Å². The van der Waals surface area contributed by atoms with E-state index >= 15 is 0 Å². The molecule has 0 unspecified atom stereocenters. The third-order valence-corrected chi connectivity index (χ3v) is 10.8. The fraction of sp³-hybridized carbons (Fsp3) is 0.102. The number of nitrogens with two attached hydrogens (primary N) is 1. The van der Waals surface area contributed by atoms with Gasteiger partial charge in [-0.1, -0.05) is 134 Å². The van der Waals surface area contributed by atoms with Crippen LogP contribution in [0.1, 0.15) is 41.2 Å². The van der Waals surface area contributed by atoms with Gasteiger partial charge in [0.25, 0.3) is 0 Å². The number of para-hydroxylation sites is 2. The van der Waals surface area contributed by atoms with Crippen LogP contribution < -0.4 is 11.1 Å². The molecule has 0 fully saturated rings. The number of hydrogen-bond acceptors (Lipinski definition) is 2. The molecule has 0 heterocycles. The summed E-state index contributed by atoms with van der Waals surface area (Å²) in [6.07, 6.45) is 1.12. The monoisotopic (exact) mass is 656 g/mol. The summed E-state index contributed by atoms with van der Waals surface area (Å²) in [6.45, 7) is 5.28. The molecule has 8 aromatic carbocycles. The van der Waals surface area contributed by atoms with Crippen LogP contribution in [0.5, 0.6) is 0 Å². The van der Waals surface area contributed by atoms with Crippen molar-refractivity contribution < 1.29 is 0 Å². The Labute approximate surface area is 300 Å². The Balaban J connectivity index is 0.000000274. The zero-order valence-corrected chi connectivity index (χ0v) is 29.1. The lowest BCUT2D eigenvalue weighted by molar-refractivity contribution is 0.796. The minimum Gasteiger partial charge on any atom is -0.397 e. The van der Waals surface area contributed by atoms with Gasteiger partial charge in [0.05, 0.1) is 16.8 Å². The average Bonchev–Trinajstić information content (AvgIpc) is 3.62. The first-order valence-electron chi connectivity index (χ1n) is 18.0. The van der Waals surface area contributed by atoms with Crippen molar-refractivity contribution in [2.75, 3.05) is 17.6 Å². The molecule has 0 radical (unpaired) electrons. The summed E-state index contributed by atoms with van der Waals surface area (Å²) in [5, 5.41) is 8.39. The second-order valence-corrected chi connectivity index (χ2v) is 13.9. The van der Waals surface area contributed by atoms with Crippen LogP contribution in [0.3, 0.4) is 0 Å². The van der Waals surface area contributed by atoms with Crippen LogP contribution in [0.25, 0.3) is 54.9 Å². The molecule has 2 heteroatoms. The standard InChI is InChI=1S/C40H26.C9H14N2/c1-25-9-8-12-26(19-25)29-17-18-30-22-35-34-21-27-10-2-3-11-28(27)23-38(34)40(39(35)24-31(30)20-29)36-15-6-4-13-32(36)33-14-5-7-16-37(33)40;1-2-7-11-9-6-4-3-5-8(9)10/h2-24H,1H3;3-6,11H,2,7,10H2,1H3. The summed E-state index contributed by atoms with van der Waals surface area (Å²) < 4.78 is 0. The first kappa shape index (κ1) is 30.9. The van der Waals surface area contributed by atoms with Gasteiger partial charge >= 0.3 is 0 Å². The van der Waals surface area contributed by atoms with E-state index in [0.717, 1.165) is 24.3 Å². The first-order valence-corrected chi connectivity index (χ1v) is 18.0. The number of hydrogen-bond donors (Lipinski definition) is 2. The van der Waals surface area contributed by atoms with E-state index in [1.807, 2.05) is 24.3 Å². The van der Waals surface area contributed by atoms with Crippen molar-refractivity contribution >= 4 is 32.9 Å². The van der Waals surface area contributed by atoms with Gasteiger partial charge in [0.15, 0.2) is 0 Å². The molecular weight excluding hydrogens is 617 g/mol. The lowest BCUT2D eigenvalue weighted by atomic mass is 9.70. The van der Waals surface area contributed by atoms with Gasteiger partial charge in [0.2, 0.25) is 0 Å². The Morgan fingerprint density at radius 1 is 0.471 bits per heavy atom. The van der Waals surface area contributed by atoms with Crippen LogP contribution >= 0.6 is 0 Å². The molecule has 0 bridgehead atoms. The summed E-state index contributed by atoms with van der Waals surface area (Å²) in [4.78, 5) is 0. The first-order chi connectivity index (χ1) is 25.1. The Hall–Kier alpha value is -6.12. The highest BCUT2D eigenvalue weighted by Gasteiger charge is 2.51. The molecule has 0 aliphatic heterocycles. The SMILES string of the molecule is CCCNc1ccccc1N.Cc1cccc(-c2ccc3cc4c(cc3c2)C2(c3ccccc3-c3ccccc32)c2cc3ccccc3cc2-4)c1. The maximum atomic E-state index is 5.70. The fourth-order valence-electron chi connectivity index (χ4n) is 8.49. The number of nitrogen functional groups attached to an aromatic ring is 1. The van der Waals surface area contributed by atoms with Crippen LogP contribution in [0.2, 0.25) is 0 Å². The molecule has 2 aliphatic rings. The van der Waals surface area contributed by atoms with Crippen molar-refractivity contribution in [3.05, 3.63) is 192 Å². The molecule has 10 rings (SSSR count). The normalized spacial score (nSPS) is 12.9. The van der Waals surface area contributed by atoms with Gasteiger partial charge in [-0.15, -0.1) is 0 Å². The van der Waals surface area contributed by atoms with Crippen molar-refractivity contribution in [1.82, 2.24) is 0 Å². The molecule has 0 aromatic heterocycles. The van der Waals surface area contributed by atoms with E-state index in [2.05, 4.69) is 159 Å². The molecule has 0 atom stereocenters. The van der Waals surface area contributed by atoms with Gasteiger partial charge in [-0.05, 0) is 133 Å². The summed E-state index contributed by atoms with van der Waals surface area (Å²) in [5.74, 6) is 0. The highest BCUT2D eigenvalue weighted by Crippen LogP contribution is 2.63. The molecule has 0 saturated heterocycles. The minimum absolute atomic E-state index is 0.338. The van der Waals surface area contributed by atoms with Crippen LogP contribution in [0.4, 0.5) is 11.4 Å². The quantitative estimate of drug-likeness (QED) is 0.185. The lowest BCUT2D eigenvalue weighted by Crippen LogP contribution is -2.25. The van der Waals surface area contributed by atoms with Crippen molar-refractivity contribution in [2.45, 2.75) is 25.7 Å². The van der Waals surface area contributed by atoms with Crippen molar-refractivity contribution in [3.8, 4) is 33.4 Å². The topological polar surface area (TPSA) is 38.0 Å². The molecule has 2 aliphatic carbocycles. The Morgan fingerprint density at radius 3 is 1.71 bits per heavy atom. The number of nitrogens with one attached hydrogen (secondary N) is 1. The van der Waals surface area contributed by atoms with Crippen molar-refractivity contribution in [3.63, 3.8) is 0 Å². The number of fused-ring (bicyclic) bond motifs is 12. The van der Waals surface area contributed by atoms with Crippen LogP contribution in [0.15, 0.2) is 164 Å². The van der Waals surface area contributed by atoms with E-state index in [0.29, 0.717) is 0 Å². The second kappa shape index (κ2) is 12.3. The maximum absolute atomic E-state index is 5.70. The van der Waals surface area contributed by atoms with E-state index < -0.39 is 0 Å². The van der Waals surface area contributed by atoms with E-state index in [4.69, 9.17) is 5.73 Å². The Bertz CT molecular complexity index is 2570. The Morgan fingerprint density at radius 2 is 1.04 bits per heavy atom. The molecular formula is C49H40N2. The van der Waals surface area contributed by atoms with Crippen molar-refractivity contribution in [1.29, 1.82) is 0 Å². The predicted octanol–water partition coefficient (Wildman–Crippen LogP) is 12.4. The van der Waals surface area contributed by atoms with Crippen LogP contribution in [-0.2, 0) is 5.41 Å². The molecule has 51 heavy (non-hydrogen) atoms. The molecule has 3 N–H and O–H groups in total. The third-order valence-electron chi connectivity index (χ3n) is 10.8. The molecule has 8 aromatic rings. The van der Waals surface area contributed by atoms with Crippen LogP contribution in [0, 0.1) is 6.92 Å². The van der Waals surface area contributed by atoms with Crippen LogP contribution in [-0.4, -0.2) is 6.54 Å². The summed E-state index contributed by atoms with van der Waals surface area (Å²) in [5.41, 5.74) is 22.0. The molecule has 1 spiro atoms. The van der Waals surface area contributed by atoms with E-state index in [-0.39, 0.29) is 5.41 Å². The fourth-order valence-corrected chi connectivity index (χ4v) is 8.49. The smallest absolute Gasteiger partial charge is 0.0725 e. The van der Waals surface area contributed by atoms with E-state index in [1.54, 1.807) is 0 Å². The molecule has 0 amide bonds. The average molecular weight is 657 g/mol. The highest BCUT2D eigenvalue weighted by molar-refractivity contribution is 6.03. The van der Waals surface area contributed by atoms with Gasteiger partial charge in [-0.2, -0.15) is 0 Å². The number of aryl methyl sites for hydroxylation is 1. The summed E-state index contributed by atoms with van der Waals surface area (Å²) in [7, 11) is 0. The Kier molecular flexibility index (Phi) is 7.47. The van der Waals surface area contributed by atoms with Gasteiger partial charge in [-0.3, -0.25) is 0 Å². The van der Waals surface area contributed by atoms with E-state index in [9.17, 15) is 0 Å². The largest absolute Gasteiger partial charge is 0.397 e. The maximum Gasteiger partial charge on any atom is 0.0725 e. The summed E-state index contributed by atoms with van der Waals surface area (Å²) >= 11 is 0. The van der Waals surface area contributed by atoms with E-state index in [1.165, 1.54) is 82.7 Å². The number of rotatable bonds is 4. The third kappa shape index (κ3) is 4.94. The number of benzene rings is 8. The van der Waals surface area contributed by atoms with Crippen molar-refractivity contribution in [2.24, 2.45) is 0 Å². The molecule has 0 saturated carbocycles. The zero-order valence-electron chi connectivity index (χ0n) is 29.1. The molecule has 246 valence electrons. The second-order valence-electron chi connectivity index (χ2n) is 13.9. The summed E-state index contributed by atoms with van der Waals surface area (Å²) in [6, 6.07) is 60.3. The predicted molar refractivity (Wildman–Crippen MR) is 218 cm³/mol. The number of anilines is 2. The lowest BCUT2D eigenvalue weighted by Gasteiger charge is -2.30.